The second-order valence-electron chi connectivity index (χ2n) is 5.97. The van der Waals surface area contributed by atoms with E-state index < -0.39 is 0 Å². The van der Waals surface area contributed by atoms with Gasteiger partial charge in [-0.25, -0.2) is 4.98 Å². The molecule has 0 fully saturated rings. The molecule has 1 aromatic carbocycles. The van der Waals surface area contributed by atoms with Crippen LogP contribution in [-0.4, -0.2) is 16.2 Å². The lowest BCUT2D eigenvalue weighted by Crippen LogP contribution is -2.07. The maximum Gasteiger partial charge on any atom is 0.130 e. The smallest absolute Gasteiger partial charge is 0.130 e. The van der Waals surface area contributed by atoms with Crippen LogP contribution in [0.15, 0.2) is 54.6 Å². The Balaban J connectivity index is 2.00. The fraction of sp³-hybridized carbons (Fsp3) is 0.150. The van der Waals surface area contributed by atoms with Crippen LogP contribution in [-0.2, 0) is 0 Å². The first-order chi connectivity index (χ1) is 12.1. The zero-order valence-electron chi connectivity index (χ0n) is 14.3. The van der Waals surface area contributed by atoms with E-state index in [1.807, 2.05) is 68.4 Å². The summed E-state index contributed by atoms with van der Waals surface area (Å²) in [5.74, 6) is 0.748. The summed E-state index contributed by atoms with van der Waals surface area (Å²) in [5.41, 5.74) is 11.1. The molecule has 5 nitrogen and oxygen atoms in total. The molecule has 0 aliphatic carbocycles. The zero-order valence-corrected chi connectivity index (χ0v) is 14.3. The molecule has 3 rings (SSSR count). The van der Waals surface area contributed by atoms with Crippen LogP contribution in [0.1, 0.15) is 29.9 Å². The zero-order chi connectivity index (χ0) is 17.8. The van der Waals surface area contributed by atoms with E-state index in [4.69, 9.17) is 11.1 Å². The minimum atomic E-state index is -0.116. The van der Waals surface area contributed by atoms with Gasteiger partial charge in [-0.2, -0.15) is 0 Å². The van der Waals surface area contributed by atoms with Crippen molar-refractivity contribution in [3.63, 3.8) is 0 Å². The van der Waals surface area contributed by atoms with Crippen LogP contribution in [0.3, 0.4) is 0 Å². The summed E-state index contributed by atoms with van der Waals surface area (Å²) in [5, 5.41) is 10.9. The summed E-state index contributed by atoms with van der Waals surface area (Å²) in [7, 11) is 0. The molecule has 5 heteroatoms. The second-order valence-corrected chi connectivity index (χ2v) is 5.97. The molecule has 1 atom stereocenters. The number of nitrogens with one attached hydrogen (secondary N) is 2. The van der Waals surface area contributed by atoms with Gasteiger partial charge in [0.1, 0.15) is 5.82 Å². The van der Waals surface area contributed by atoms with Crippen molar-refractivity contribution in [2.75, 3.05) is 5.32 Å². The van der Waals surface area contributed by atoms with Crippen LogP contribution in [0.4, 0.5) is 11.5 Å². The molecule has 2 heterocycles. The van der Waals surface area contributed by atoms with Gasteiger partial charge < -0.3 is 16.5 Å². The molecular formula is C20H21N5. The van der Waals surface area contributed by atoms with Gasteiger partial charge in [-0.15, -0.1) is 0 Å². The van der Waals surface area contributed by atoms with Gasteiger partial charge in [-0.1, -0.05) is 24.3 Å². The van der Waals surface area contributed by atoms with Crippen molar-refractivity contribution in [2.24, 2.45) is 5.73 Å². The van der Waals surface area contributed by atoms with Gasteiger partial charge in [-0.3, -0.25) is 4.98 Å². The van der Waals surface area contributed by atoms with Crippen molar-refractivity contribution in [3.05, 3.63) is 71.5 Å². The quantitative estimate of drug-likeness (QED) is 0.611. The van der Waals surface area contributed by atoms with Crippen molar-refractivity contribution in [2.45, 2.75) is 19.9 Å². The van der Waals surface area contributed by atoms with Gasteiger partial charge in [0.15, 0.2) is 0 Å². The number of anilines is 2. The van der Waals surface area contributed by atoms with Crippen LogP contribution in [0.5, 0.6) is 0 Å². The minimum Gasteiger partial charge on any atom is -0.340 e. The number of aromatic nitrogens is 2. The minimum absolute atomic E-state index is 0.116. The molecule has 4 N–H and O–H groups in total. The van der Waals surface area contributed by atoms with Gasteiger partial charge in [0, 0.05) is 34.8 Å². The van der Waals surface area contributed by atoms with Crippen LogP contribution in [0.25, 0.3) is 11.3 Å². The molecule has 3 aromatic rings. The Morgan fingerprint density at radius 2 is 1.88 bits per heavy atom. The molecule has 0 aliphatic rings. The SMILES string of the molecule is Cc1cccc(Nc2cc(-c3cccc([C@H](C)N)n3)ccc2C=N)n1. The van der Waals surface area contributed by atoms with Gasteiger partial charge in [-0.05, 0) is 44.2 Å². The summed E-state index contributed by atoms with van der Waals surface area (Å²) < 4.78 is 0. The van der Waals surface area contributed by atoms with E-state index in [1.165, 1.54) is 6.21 Å². The number of nitrogens with zero attached hydrogens (tertiary/aromatic N) is 2. The summed E-state index contributed by atoms with van der Waals surface area (Å²) in [6.45, 7) is 3.86. The highest BCUT2D eigenvalue weighted by atomic mass is 15.0. The predicted molar refractivity (Wildman–Crippen MR) is 102 cm³/mol. The molecule has 0 unspecified atom stereocenters. The molecule has 0 saturated heterocycles. The second kappa shape index (κ2) is 7.23. The van der Waals surface area contributed by atoms with Crippen molar-refractivity contribution < 1.29 is 0 Å². The molecule has 0 spiro atoms. The highest BCUT2D eigenvalue weighted by molar-refractivity contribution is 5.89. The van der Waals surface area contributed by atoms with Crippen molar-refractivity contribution >= 4 is 17.7 Å². The van der Waals surface area contributed by atoms with Crippen LogP contribution in [0.2, 0.25) is 0 Å². The third-order valence-electron chi connectivity index (χ3n) is 3.89. The Morgan fingerprint density at radius 1 is 1.08 bits per heavy atom. The molecule has 126 valence electrons. The lowest BCUT2D eigenvalue weighted by Gasteiger charge is -2.12. The Hall–Kier alpha value is -3.05. The number of hydrogen-bond donors (Lipinski definition) is 3. The van der Waals surface area contributed by atoms with Gasteiger partial charge in [0.05, 0.1) is 11.4 Å². The molecule has 0 amide bonds. The maximum absolute atomic E-state index is 7.64. The van der Waals surface area contributed by atoms with Crippen molar-refractivity contribution in [1.29, 1.82) is 5.41 Å². The predicted octanol–water partition coefficient (Wildman–Crippen LogP) is 4.21. The fourth-order valence-corrected chi connectivity index (χ4v) is 2.57. The number of hydrogen-bond acceptors (Lipinski definition) is 5. The van der Waals surface area contributed by atoms with Crippen LogP contribution >= 0.6 is 0 Å². The number of nitrogens with two attached hydrogens (primary N) is 1. The Morgan fingerprint density at radius 3 is 2.60 bits per heavy atom. The third kappa shape index (κ3) is 3.89. The van der Waals surface area contributed by atoms with E-state index in [-0.39, 0.29) is 6.04 Å². The van der Waals surface area contributed by atoms with Crippen molar-refractivity contribution in [1.82, 2.24) is 9.97 Å². The number of aryl methyl sites for hydroxylation is 1. The van der Waals surface area contributed by atoms with Crippen molar-refractivity contribution in [3.8, 4) is 11.3 Å². The lowest BCUT2D eigenvalue weighted by atomic mass is 10.1. The molecular weight excluding hydrogens is 310 g/mol. The average Bonchev–Trinajstić information content (AvgIpc) is 2.62. The summed E-state index contributed by atoms with van der Waals surface area (Å²) in [6.07, 6.45) is 1.33. The molecule has 25 heavy (non-hydrogen) atoms. The van der Waals surface area contributed by atoms with Gasteiger partial charge in [0.25, 0.3) is 0 Å². The fourth-order valence-electron chi connectivity index (χ4n) is 2.57. The van der Waals surface area contributed by atoms with E-state index in [0.717, 1.165) is 39.7 Å². The lowest BCUT2D eigenvalue weighted by molar-refractivity contribution is 0.782. The average molecular weight is 331 g/mol. The summed E-state index contributed by atoms with van der Waals surface area (Å²) >= 11 is 0. The molecule has 0 radical (unpaired) electrons. The van der Waals surface area contributed by atoms with Crippen LogP contribution < -0.4 is 11.1 Å². The third-order valence-corrected chi connectivity index (χ3v) is 3.89. The first-order valence-electron chi connectivity index (χ1n) is 8.15. The van der Waals surface area contributed by atoms with E-state index >= 15 is 0 Å². The standard InChI is InChI=1S/C20H21N5/c1-13-5-3-8-20(23-13)25-19-11-15(9-10-16(19)12-21)18-7-4-6-17(24-18)14(2)22/h3-12,14,21H,22H2,1-2H3,(H,23,25)/t14-/m0/s1. The van der Waals surface area contributed by atoms with E-state index in [0.29, 0.717) is 0 Å². The Labute approximate surface area is 147 Å². The molecule has 0 bridgehead atoms. The monoisotopic (exact) mass is 331 g/mol. The Kier molecular flexibility index (Phi) is 4.86. The van der Waals surface area contributed by atoms with Gasteiger partial charge in [0.2, 0.25) is 0 Å². The summed E-state index contributed by atoms with van der Waals surface area (Å²) in [6, 6.07) is 17.4. The topological polar surface area (TPSA) is 87.7 Å². The highest BCUT2D eigenvalue weighted by Crippen LogP contribution is 2.26. The van der Waals surface area contributed by atoms with E-state index in [1.54, 1.807) is 0 Å². The molecule has 0 saturated carbocycles. The highest BCUT2D eigenvalue weighted by Gasteiger charge is 2.08. The normalized spacial score (nSPS) is 11.8. The largest absolute Gasteiger partial charge is 0.340 e. The number of benzene rings is 1. The van der Waals surface area contributed by atoms with E-state index in [2.05, 4.69) is 15.3 Å². The summed E-state index contributed by atoms with van der Waals surface area (Å²) in [4.78, 5) is 9.10. The Bertz CT molecular complexity index is 902. The molecule has 0 aliphatic heterocycles. The number of pyridine rings is 2. The van der Waals surface area contributed by atoms with Crippen LogP contribution in [0, 0.1) is 12.3 Å². The first-order valence-corrected chi connectivity index (χ1v) is 8.15. The van der Waals surface area contributed by atoms with E-state index in [9.17, 15) is 0 Å². The molecule has 2 aromatic heterocycles. The maximum atomic E-state index is 7.64. The van der Waals surface area contributed by atoms with Gasteiger partial charge >= 0.3 is 0 Å². The number of rotatable bonds is 5. The first kappa shape index (κ1) is 16.8.